The first-order valence-electron chi connectivity index (χ1n) is 5.82. The van der Waals surface area contributed by atoms with Crippen molar-refractivity contribution in [3.05, 3.63) is 34.6 Å². The average molecular weight is 242 g/mol. The first-order chi connectivity index (χ1) is 7.65. The summed E-state index contributed by atoms with van der Waals surface area (Å²) in [6.07, 6.45) is 3.77. The van der Waals surface area contributed by atoms with Crippen LogP contribution in [0.4, 0.5) is 4.39 Å². The lowest BCUT2D eigenvalue weighted by Gasteiger charge is -2.13. The van der Waals surface area contributed by atoms with Crippen molar-refractivity contribution in [2.75, 3.05) is 0 Å². The molecule has 1 fully saturated rings. The Labute approximate surface area is 101 Å². The Hall–Kier alpha value is -0.600. The number of benzene rings is 1. The highest BCUT2D eigenvalue weighted by atomic mass is 35.5. The summed E-state index contributed by atoms with van der Waals surface area (Å²) in [5, 5.41) is 3.99. The van der Waals surface area contributed by atoms with E-state index in [4.69, 9.17) is 11.6 Å². The molecule has 1 N–H and O–H groups in total. The van der Waals surface area contributed by atoms with Crippen molar-refractivity contribution in [2.45, 2.75) is 38.8 Å². The summed E-state index contributed by atoms with van der Waals surface area (Å²) in [5.41, 5.74) is 0.975. The van der Waals surface area contributed by atoms with E-state index in [0.29, 0.717) is 11.1 Å². The standard InChI is InChI=1S/C13H17ClFN/c1-9-2-5-12(6-9)16-8-10-3-4-11(15)7-13(10)14/h3-4,7,9,12,16H,2,5-6,8H2,1H3. The second-order valence-electron chi connectivity index (χ2n) is 4.73. The Balaban J connectivity index is 1.89. The number of hydrogen-bond donors (Lipinski definition) is 1. The fourth-order valence-corrected chi connectivity index (χ4v) is 2.55. The molecule has 1 nitrogen and oxygen atoms in total. The first kappa shape index (κ1) is 11.9. The van der Waals surface area contributed by atoms with Gasteiger partial charge in [-0.05, 0) is 42.9 Å². The molecule has 0 aromatic heterocycles. The fraction of sp³-hybridized carbons (Fsp3) is 0.538. The molecule has 1 saturated carbocycles. The molecular weight excluding hydrogens is 225 g/mol. The van der Waals surface area contributed by atoms with Crippen LogP contribution in [0, 0.1) is 11.7 Å². The van der Waals surface area contributed by atoms with Crippen molar-refractivity contribution < 1.29 is 4.39 Å². The zero-order chi connectivity index (χ0) is 11.5. The molecule has 3 heteroatoms. The normalized spacial score (nSPS) is 24.9. The summed E-state index contributed by atoms with van der Waals surface area (Å²) in [6, 6.07) is 5.18. The van der Waals surface area contributed by atoms with Crippen molar-refractivity contribution in [2.24, 2.45) is 5.92 Å². The van der Waals surface area contributed by atoms with Crippen molar-refractivity contribution in [1.29, 1.82) is 0 Å². The first-order valence-corrected chi connectivity index (χ1v) is 6.20. The summed E-state index contributed by atoms with van der Waals surface area (Å²) < 4.78 is 12.8. The van der Waals surface area contributed by atoms with Crippen LogP contribution in [0.1, 0.15) is 31.7 Å². The SMILES string of the molecule is CC1CCC(NCc2ccc(F)cc2Cl)C1. The Kier molecular flexibility index (Phi) is 3.82. The maximum absolute atomic E-state index is 12.8. The largest absolute Gasteiger partial charge is 0.310 e. The highest BCUT2D eigenvalue weighted by Crippen LogP contribution is 2.25. The smallest absolute Gasteiger partial charge is 0.124 e. The lowest BCUT2D eigenvalue weighted by atomic mass is 10.1. The second kappa shape index (κ2) is 5.15. The Morgan fingerprint density at radius 1 is 1.44 bits per heavy atom. The van der Waals surface area contributed by atoms with E-state index >= 15 is 0 Å². The van der Waals surface area contributed by atoms with Crippen LogP contribution < -0.4 is 5.32 Å². The Morgan fingerprint density at radius 3 is 2.88 bits per heavy atom. The average Bonchev–Trinajstić information content (AvgIpc) is 2.63. The summed E-state index contributed by atoms with van der Waals surface area (Å²) >= 11 is 5.96. The number of nitrogens with one attached hydrogen (secondary N) is 1. The fourth-order valence-electron chi connectivity index (χ4n) is 2.31. The lowest BCUT2D eigenvalue weighted by molar-refractivity contribution is 0.502. The molecule has 1 aliphatic rings. The van der Waals surface area contributed by atoms with Gasteiger partial charge in [-0.25, -0.2) is 4.39 Å². The van der Waals surface area contributed by atoms with Gasteiger partial charge in [-0.15, -0.1) is 0 Å². The van der Waals surface area contributed by atoms with Crippen LogP contribution in [0.3, 0.4) is 0 Å². The molecule has 2 rings (SSSR count). The second-order valence-corrected chi connectivity index (χ2v) is 5.14. The number of rotatable bonds is 3. The van der Waals surface area contributed by atoms with E-state index in [2.05, 4.69) is 12.2 Å². The topological polar surface area (TPSA) is 12.0 Å². The third kappa shape index (κ3) is 2.96. The van der Waals surface area contributed by atoms with Gasteiger partial charge < -0.3 is 5.32 Å². The van der Waals surface area contributed by atoms with Gasteiger partial charge in [0.1, 0.15) is 5.82 Å². The van der Waals surface area contributed by atoms with Crippen LogP contribution in [0.2, 0.25) is 5.02 Å². The minimum atomic E-state index is -0.275. The van der Waals surface area contributed by atoms with Crippen LogP contribution >= 0.6 is 11.6 Å². The van der Waals surface area contributed by atoms with Crippen molar-refractivity contribution in [3.8, 4) is 0 Å². The molecule has 2 atom stereocenters. The number of hydrogen-bond acceptors (Lipinski definition) is 1. The van der Waals surface area contributed by atoms with Crippen LogP contribution in [-0.4, -0.2) is 6.04 Å². The van der Waals surface area contributed by atoms with Gasteiger partial charge in [0.2, 0.25) is 0 Å². The van der Waals surface area contributed by atoms with Gasteiger partial charge in [-0.2, -0.15) is 0 Å². The third-order valence-electron chi connectivity index (χ3n) is 3.29. The molecule has 88 valence electrons. The Bertz CT molecular complexity index is 367. The molecule has 0 heterocycles. The molecule has 0 amide bonds. The van der Waals surface area contributed by atoms with Gasteiger partial charge in [-0.1, -0.05) is 24.6 Å². The van der Waals surface area contributed by atoms with Gasteiger partial charge in [-0.3, -0.25) is 0 Å². The van der Waals surface area contributed by atoms with Gasteiger partial charge in [0.05, 0.1) is 0 Å². The number of halogens is 2. The van der Waals surface area contributed by atoms with Crippen LogP contribution in [0.5, 0.6) is 0 Å². The lowest BCUT2D eigenvalue weighted by Crippen LogP contribution is -2.25. The minimum absolute atomic E-state index is 0.275. The minimum Gasteiger partial charge on any atom is -0.310 e. The van der Waals surface area contributed by atoms with E-state index in [1.807, 2.05) is 0 Å². The molecule has 1 aromatic carbocycles. The van der Waals surface area contributed by atoms with Crippen molar-refractivity contribution >= 4 is 11.6 Å². The van der Waals surface area contributed by atoms with Gasteiger partial charge in [0.15, 0.2) is 0 Å². The zero-order valence-electron chi connectivity index (χ0n) is 9.47. The summed E-state index contributed by atoms with van der Waals surface area (Å²) in [7, 11) is 0. The van der Waals surface area contributed by atoms with Crippen molar-refractivity contribution in [3.63, 3.8) is 0 Å². The van der Waals surface area contributed by atoms with Gasteiger partial charge in [0, 0.05) is 17.6 Å². The van der Waals surface area contributed by atoms with E-state index in [0.717, 1.165) is 18.0 Å². The quantitative estimate of drug-likeness (QED) is 0.850. The molecular formula is C13H17ClFN. The van der Waals surface area contributed by atoms with Gasteiger partial charge >= 0.3 is 0 Å². The molecule has 2 unspecified atom stereocenters. The van der Waals surface area contributed by atoms with Gasteiger partial charge in [0.25, 0.3) is 0 Å². The predicted molar refractivity (Wildman–Crippen MR) is 65.1 cm³/mol. The summed E-state index contributed by atoms with van der Waals surface area (Å²) in [4.78, 5) is 0. The van der Waals surface area contributed by atoms with Crippen LogP contribution in [0.25, 0.3) is 0 Å². The molecule has 16 heavy (non-hydrogen) atoms. The summed E-state index contributed by atoms with van der Waals surface area (Å²) in [5.74, 6) is 0.546. The van der Waals surface area contributed by atoms with E-state index in [1.54, 1.807) is 6.07 Å². The molecule has 0 radical (unpaired) electrons. The van der Waals surface area contributed by atoms with Crippen LogP contribution in [0.15, 0.2) is 18.2 Å². The van der Waals surface area contributed by atoms with E-state index in [-0.39, 0.29) is 5.82 Å². The molecule has 0 spiro atoms. The highest BCUT2D eigenvalue weighted by Gasteiger charge is 2.20. The molecule has 0 aliphatic heterocycles. The van der Waals surface area contributed by atoms with E-state index < -0.39 is 0 Å². The van der Waals surface area contributed by atoms with E-state index in [1.165, 1.54) is 31.4 Å². The van der Waals surface area contributed by atoms with Crippen molar-refractivity contribution in [1.82, 2.24) is 5.32 Å². The third-order valence-corrected chi connectivity index (χ3v) is 3.64. The molecule has 0 saturated heterocycles. The molecule has 1 aliphatic carbocycles. The molecule has 0 bridgehead atoms. The maximum atomic E-state index is 12.8. The maximum Gasteiger partial charge on any atom is 0.124 e. The molecule has 1 aromatic rings. The highest BCUT2D eigenvalue weighted by molar-refractivity contribution is 6.31. The predicted octanol–water partition coefficient (Wildman–Crippen LogP) is 3.76. The summed E-state index contributed by atoms with van der Waals surface area (Å²) in [6.45, 7) is 3.02. The monoisotopic (exact) mass is 241 g/mol. The van der Waals surface area contributed by atoms with E-state index in [9.17, 15) is 4.39 Å². The van der Waals surface area contributed by atoms with Crippen LogP contribution in [-0.2, 0) is 6.54 Å². The zero-order valence-corrected chi connectivity index (χ0v) is 10.2. The Morgan fingerprint density at radius 2 is 2.25 bits per heavy atom.